The van der Waals surface area contributed by atoms with E-state index in [1.807, 2.05) is 12.1 Å². The van der Waals surface area contributed by atoms with Crippen LogP contribution in [0.2, 0.25) is 20.1 Å². The fraction of sp³-hybridized carbons (Fsp3) is 0.174. The van der Waals surface area contributed by atoms with Crippen LogP contribution in [-0.4, -0.2) is 27.8 Å². The summed E-state index contributed by atoms with van der Waals surface area (Å²) in [5.74, 6) is 0.193. The maximum Gasteiger partial charge on any atom is 0.244 e. The second-order valence-electron chi connectivity index (χ2n) is 7.50. The van der Waals surface area contributed by atoms with Gasteiger partial charge in [0.2, 0.25) is 10.0 Å². The van der Waals surface area contributed by atoms with Crippen molar-refractivity contribution >= 4 is 67.8 Å². The van der Waals surface area contributed by atoms with Crippen LogP contribution in [0.25, 0.3) is 0 Å². The fourth-order valence-electron chi connectivity index (χ4n) is 3.63. The number of hydrogen-bond acceptors (Lipinski definition) is 5. The van der Waals surface area contributed by atoms with E-state index in [2.05, 4.69) is 4.72 Å². The van der Waals surface area contributed by atoms with Crippen LogP contribution < -0.4 is 14.5 Å². The molecule has 1 atom stereocenters. The summed E-state index contributed by atoms with van der Waals surface area (Å²) in [6.07, 6.45) is 0.468. The van der Waals surface area contributed by atoms with Crippen LogP contribution in [0.15, 0.2) is 70.7 Å². The lowest BCUT2D eigenvalue weighted by Crippen LogP contribution is -2.29. The Morgan fingerprint density at radius 1 is 0.971 bits per heavy atom. The van der Waals surface area contributed by atoms with Gasteiger partial charge in [0.05, 0.1) is 36.1 Å². The van der Waals surface area contributed by atoms with E-state index in [1.165, 1.54) is 19.2 Å². The summed E-state index contributed by atoms with van der Waals surface area (Å²) >= 11 is 24.6. The van der Waals surface area contributed by atoms with Crippen molar-refractivity contribution in [2.24, 2.45) is 5.10 Å². The van der Waals surface area contributed by atoms with Gasteiger partial charge >= 0.3 is 0 Å². The number of hydrogen-bond donors (Lipinski definition) is 1. The van der Waals surface area contributed by atoms with Gasteiger partial charge < -0.3 is 4.74 Å². The van der Waals surface area contributed by atoms with Gasteiger partial charge in [0.25, 0.3) is 0 Å². The molecular weight excluding hydrogens is 540 g/mol. The minimum Gasteiger partial charge on any atom is -0.495 e. The van der Waals surface area contributed by atoms with Gasteiger partial charge in [-0.25, -0.2) is 13.1 Å². The highest BCUT2D eigenvalue weighted by Gasteiger charge is 2.31. The average Bonchev–Trinajstić information content (AvgIpc) is 3.22. The Labute approximate surface area is 218 Å². The highest BCUT2D eigenvalue weighted by molar-refractivity contribution is 7.89. The number of ether oxygens (including phenoxy) is 1. The Morgan fingerprint density at radius 2 is 1.62 bits per heavy atom. The minimum absolute atomic E-state index is 0.0101. The molecule has 1 N–H and O–H groups in total. The van der Waals surface area contributed by atoms with Gasteiger partial charge in [-0.2, -0.15) is 5.10 Å². The smallest absolute Gasteiger partial charge is 0.244 e. The number of methoxy groups -OCH3 is 1. The first-order valence-corrected chi connectivity index (χ1v) is 13.1. The predicted molar refractivity (Wildman–Crippen MR) is 138 cm³/mol. The van der Waals surface area contributed by atoms with E-state index in [9.17, 15) is 8.42 Å². The summed E-state index contributed by atoms with van der Waals surface area (Å²) in [4.78, 5) is -0.0482. The largest absolute Gasteiger partial charge is 0.495 e. The number of hydrazone groups is 1. The highest BCUT2D eigenvalue weighted by Crippen LogP contribution is 2.40. The van der Waals surface area contributed by atoms with Gasteiger partial charge in [-0.05, 0) is 54.1 Å². The maximum absolute atomic E-state index is 13.0. The zero-order valence-corrected chi connectivity index (χ0v) is 21.6. The summed E-state index contributed by atoms with van der Waals surface area (Å²) in [6, 6.07) is 16.7. The van der Waals surface area contributed by atoms with Crippen LogP contribution >= 0.6 is 46.4 Å². The monoisotopic (exact) mass is 557 g/mol. The summed E-state index contributed by atoms with van der Waals surface area (Å²) in [5.41, 5.74) is 2.23. The molecule has 0 aliphatic carbocycles. The summed E-state index contributed by atoms with van der Waals surface area (Å²) in [6.45, 7) is -0.0101. The van der Waals surface area contributed by atoms with E-state index in [0.29, 0.717) is 32.9 Å². The molecule has 178 valence electrons. The van der Waals surface area contributed by atoms with Crippen molar-refractivity contribution in [3.63, 3.8) is 0 Å². The Balaban J connectivity index is 1.63. The molecule has 0 amide bonds. The molecule has 0 bridgehead atoms. The van der Waals surface area contributed by atoms with E-state index >= 15 is 0 Å². The number of nitrogens with one attached hydrogen (secondary N) is 1. The van der Waals surface area contributed by atoms with Crippen molar-refractivity contribution in [2.75, 3.05) is 18.7 Å². The highest BCUT2D eigenvalue weighted by atomic mass is 35.5. The van der Waals surface area contributed by atoms with Gasteiger partial charge in [0.1, 0.15) is 10.6 Å². The number of sulfonamides is 1. The standard InChI is InChI=1S/C23H19Cl4N3O3S/c1-33-22-9-7-17(26)11-23(22)34(31,32)28-13-18-12-21(14-2-4-15(24)5-3-14)30(29-18)20-8-6-16(25)10-19(20)27/h2-11,21,28H,12-13H2,1H3. The zero-order valence-electron chi connectivity index (χ0n) is 17.8. The van der Waals surface area contributed by atoms with Gasteiger partial charge in [0, 0.05) is 21.5 Å². The van der Waals surface area contributed by atoms with E-state index in [0.717, 1.165) is 5.56 Å². The van der Waals surface area contributed by atoms with E-state index < -0.39 is 10.0 Å². The van der Waals surface area contributed by atoms with Crippen LogP contribution in [0.5, 0.6) is 5.75 Å². The Bertz CT molecular complexity index is 1350. The second kappa shape index (κ2) is 10.3. The Kier molecular flexibility index (Phi) is 7.62. The predicted octanol–water partition coefficient (Wildman–Crippen LogP) is 6.59. The molecule has 1 aliphatic rings. The van der Waals surface area contributed by atoms with E-state index in [-0.39, 0.29) is 28.3 Å². The minimum atomic E-state index is -3.92. The molecule has 0 spiro atoms. The average molecular weight is 559 g/mol. The topological polar surface area (TPSA) is 71.0 Å². The lowest BCUT2D eigenvalue weighted by atomic mass is 10.0. The van der Waals surface area contributed by atoms with Crippen molar-refractivity contribution in [2.45, 2.75) is 17.4 Å². The second-order valence-corrected chi connectivity index (χ2v) is 10.9. The quantitative estimate of drug-likeness (QED) is 0.355. The summed E-state index contributed by atoms with van der Waals surface area (Å²) in [7, 11) is -2.52. The fourth-order valence-corrected chi connectivity index (χ4v) is 5.70. The van der Waals surface area contributed by atoms with Crippen molar-refractivity contribution in [1.82, 2.24) is 4.72 Å². The molecule has 6 nitrogen and oxygen atoms in total. The molecule has 3 aromatic rings. The Hall–Kier alpha value is -2.00. The van der Waals surface area contributed by atoms with Gasteiger partial charge in [-0.3, -0.25) is 5.01 Å². The van der Waals surface area contributed by atoms with Crippen LogP contribution in [0, 0.1) is 0 Å². The van der Waals surface area contributed by atoms with Crippen LogP contribution in [0.4, 0.5) is 5.69 Å². The third-order valence-corrected chi connectivity index (χ3v) is 7.71. The molecule has 34 heavy (non-hydrogen) atoms. The van der Waals surface area contributed by atoms with Crippen molar-refractivity contribution in [3.05, 3.63) is 86.3 Å². The zero-order chi connectivity index (χ0) is 24.5. The lowest BCUT2D eigenvalue weighted by molar-refractivity contribution is 0.402. The lowest BCUT2D eigenvalue weighted by Gasteiger charge is -2.25. The molecule has 0 saturated carbocycles. The molecule has 1 unspecified atom stereocenters. The van der Waals surface area contributed by atoms with Crippen molar-refractivity contribution in [3.8, 4) is 5.75 Å². The first-order valence-electron chi connectivity index (χ1n) is 10.1. The maximum atomic E-state index is 13.0. The van der Waals surface area contributed by atoms with Gasteiger partial charge in [0.15, 0.2) is 0 Å². The number of nitrogens with zero attached hydrogens (tertiary/aromatic N) is 2. The van der Waals surface area contributed by atoms with Crippen LogP contribution in [-0.2, 0) is 10.0 Å². The molecular formula is C23H19Cl4N3O3S. The molecule has 0 fully saturated rings. The van der Waals surface area contributed by atoms with Gasteiger partial charge in [-0.1, -0.05) is 58.5 Å². The molecule has 1 aliphatic heterocycles. The number of benzene rings is 3. The molecule has 0 radical (unpaired) electrons. The van der Waals surface area contributed by atoms with Crippen LogP contribution in [0.1, 0.15) is 18.0 Å². The normalized spacial score (nSPS) is 16.0. The SMILES string of the molecule is COc1ccc(Cl)cc1S(=O)(=O)NCC1=NN(c2ccc(Cl)cc2Cl)C(c2ccc(Cl)cc2)C1. The first kappa shape index (κ1) is 25.1. The molecule has 0 aromatic heterocycles. The van der Waals surface area contributed by atoms with Gasteiger partial charge in [-0.15, -0.1) is 0 Å². The summed E-state index contributed by atoms with van der Waals surface area (Å²) in [5, 5.41) is 8.29. The van der Waals surface area contributed by atoms with Crippen molar-refractivity contribution in [1.29, 1.82) is 0 Å². The molecule has 0 saturated heterocycles. The molecule has 11 heteroatoms. The number of rotatable bonds is 7. The van der Waals surface area contributed by atoms with Crippen LogP contribution in [0.3, 0.4) is 0 Å². The van der Waals surface area contributed by atoms with E-state index in [4.69, 9.17) is 56.2 Å². The molecule has 1 heterocycles. The third-order valence-electron chi connectivity index (χ3n) is 5.27. The Morgan fingerprint density at radius 3 is 2.29 bits per heavy atom. The number of anilines is 1. The number of halogens is 4. The molecule has 3 aromatic carbocycles. The summed E-state index contributed by atoms with van der Waals surface area (Å²) < 4.78 is 33.8. The molecule has 4 rings (SSSR count). The first-order chi connectivity index (χ1) is 16.2. The van der Waals surface area contributed by atoms with E-state index in [1.54, 1.807) is 41.4 Å². The third kappa shape index (κ3) is 5.46. The van der Waals surface area contributed by atoms with Crippen molar-refractivity contribution < 1.29 is 13.2 Å².